The second-order valence-corrected chi connectivity index (χ2v) is 12.7. The second kappa shape index (κ2) is 10.2. The van der Waals surface area contributed by atoms with Gasteiger partial charge in [0.05, 0.1) is 5.71 Å². The lowest BCUT2D eigenvalue weighted by molar-refractivity contribution is -0.284. The number of nitrogens with zero attached hydrogens (tertiary/aromatic N) is 1. The zero-order valence-electron chi connectivity index (χ0n) is 20.4. The van der Waals surface area contributed by atoms with E-state index in [2.05, 4.69) is 12.1 Å². The van der Waals surface area contributed by atoms with Crippen LogP contribution in [0.3, 0.4) is 0 Å². The third-order valence-corrected chi connectivity index (χ3v) is 10.5. The van der Waals surface area contributed by atoms with Crippen molar-refractivity contribution >= 4 is 16.5 Å². The summed E-state index contributed by atoms with van der Waals surface area (Å²) in [5.74, 6) is -3.15. The summed E-state index contributed by atoms with van der Waals surface area (Å²) < 4.78 is 75.6. The van der Waals surface area contributed by atoms with Crippen LogP contribution in [0.2, 0.25) is 0 Å². The first kappa shape index (κ1) is 27.3. The third kappa shape index (κ3) is 5.16. The van der Waals surface area contributed by atoms with Crippen molar-refractivity contribution in [1.82, 2.24) is 0 Å². The molecule has 4 rings (SSSR count). The van der Waals surface area contributed by atoms with Gasteiger partial charge in [0.1, 0.15) is 5.75 Å². The summed E-state index contributed by atoms with van der Waals surface area (Å²) >= 11 is 0. The highest BCUT2D eigenvalue weighted by atomic mass is 32.2. The van der Waals surface area contributed by atoms with E-state index in [-0.39, 0.29) is 28.6 Å². The summed E-state index contributed by atoms with van der Waals surface area (Å²) in [4.78, 5) is 0. The number of fused-ring (bicyclic) bond motifs is 5. The van der Waals surface area contributed by atoms with Crippen molar-refractivity contribution in [2.45, 2.75) is 82.7 Å². The van der Waals surface area contributed by atoms with E-state index in [1.165, 1.54) is 5.56 Å². The van der Waals surface area contributed by atoms with Crippen molar-refractivity contribution in [3.63, 3.8) is 0 Å². The maximum atomic E-state index is 13.1. The smallest absolute Gasteiger partial charge is 0.453 e. The number of aromatic hydroxyl groups is 1. The van der Waals surface area contributed by atoms with Crippen LogP contribution >= 0.6 is 0 Å². The Labute approximate surface area is 210 Å². The Kier molecular flexibility index (Phi) is 7.75. The number of rotatable bonds is 8. The lowest BCUT2D eigenvalue weighted by Crippen LogP contribution is -2.46. The van der Waals surface area contributed by atoms with E-state index < -0.39 is 35.7 Å². The van der Waals surface area contributed by atoms with E-state index in [0.717, 1.165) is 49.8 Å². The molecule has 0 bridgehead atoms. The average molecular weight is 536 g/mol. The summed E-state index contributed by atoms with van der Waals surface area (Å²) in [6.07, 6.45) is -1.65. The van der Waals surface area contributed by atoms with Gasteiger partial charge in [-0.2, -0.15) is 22.0 Å². The molecule has 3 aliphatic carbocycles. The number of hydrogen-bond acceptors (Lipinski definition) is 4. The highest BCUT2D eigenvalue weighted by Crippen LogP contribution is 2.61. The van der Waals surface area contributed by atoms with E-state index in [1.807, 2.05) is 12.1 Å². The van der Waals surface area contributed by atoms with Crippen molar-refractivity contribution in [3.05, 3.63) is 29.3 Å². The zero-order chi connectivity index (χ0) is 26.3. The molecule has 0 amide bonds. The summed E-state index contributed by atoms with van der Waals surface area (Å²) in [6, 6.07) is 5.56. The van der Waals surface area contributed by atoms with E-state index >= 15 is 0 Å². The van der Waals surface area contributed by atoms with Crippen molar-refractivity contribution in [1.29, 1.82) is 0 Å². The highest BCUT2D eigenvalue weighted by Gasteiger charge is 2.57. The number of benzene rings is 1. The van der Waals surface area contributed by atoms with Gasteiger partial charge in [0.2, 0.25) is 0 Å². The van der Waals surface area contributed by atoms with Crippen LogP contribution in [0, 0.1) is 23.2 Å². The maximum Gasteiger partial charge on any atom is 0.453 e. The summed E-state index contributed by atoms with van der Waals surface area (Å²) in [7, 11) is -1.46. The largest absolute Gasteiger partial charge is 0.508 e. The minimum atomic E-state index is -5.58. The lowest BCUT2D eigenvalue weighted by Gasteiger charge is -2.52. The number of hydrogen-bond donors (Lipinski definition) is 2. The number of oxime groups is 1. The Bertz CT molecular complexity index is 1010. The maximum absolute atomic E-state index is 13.1. The molecule has 2 saturated carbocycles. The summed E-state index contributed by atoms with van der Waals surface area (Å²) in [5, 5.41) is 23.3. The van der Waals surface area contributed by atoms with Crippen LogP contribution in [-0.4, -0.2) is 43.8 Å². The predicted octanol–water partition coefficient (Wildman–Crippen LogP) is 6.81. The summed E-state index contributed by atoms with van der Waals surface area (Å²) in [6.45, 7) is 2.19. The lowest BCUT2D eigenvalue weighted by atomic mass is 9.52. The van der Waals surface area contributed by atoms with Crippen LogP contribution in [0.25, 0.3) is 0 Å². The Morgan fingerprint density at radius 3 is 2.56 bits per heavy atom. The van der Waals surface area contributed by atoms with Crippen molar-refractivity contribution < 1.29 is 36.5 Å². The Morgan fingerprint density at radius 2 is 1.86 bits per heavy atom. The Hall–Kier alpha value is -1.71. The molecular formula is C26H34F5NO3S. The van der Waals surface area contributed by atoms with Crippen LogP contribution < -0.4 is 0 Å². The molecule has 1 unspecified atom stereocenters. The van der Waals surface area contributed by atoms with Crippen molar-refractivity contribution in [2.24, 2.45) is 28.3 Å². The van der Waals surface area contributed by atoms with Crippen molar-refractivity contribution in [2.75, 3.05) is 11.5 Å². The van der Waals surface area contributed by atoms with Gasteiger partial charge in [0, 0.05) is 34.1 Å². The van der Waals surface area contributed by atoms with E-state index in [9.17, 15) is 36.5 Å². The Morgan fingerprint density at radius 1 is 1.14 bits per heavy atom. The molecule has 3 aliphatic rings. The molecule has 0 aliphatic heterocycles. The molecule has 4 nitrogen and oxygen atoms in total. The number of phenolic OH excluding ortho intramolecular Hbond substituents is 1. The predicted molar refractivity (Wildman–Crippen MR) is 128 cm³/mol. The van der Waals surface area contributed by atoms with Gasteiger partial charge in [0.15, 0.2) is 0 Å². The molecule has 2 N–H and O–H groups in total. The molecule has 0 heterocycles. The van der Waals surface area contributed by atoms with Gasteiger partial charge < -0.3 is 10.3 Å². The number of phenols is 1. The molecule has 0 aromatic heterocycles. The summed E-state index contributed by atoms with van der Waals surface area (Å²) in [5.41, 5.74) is 3.08. The molecule has 0 saturated heterocycles. The van der Waals surface area contributed by atoms with Gasteiger partial charge in [-0.25, -0.2) is 0 Å². The van der Waals surface area contributed by atoms with Crippen LogP contribution in [-0.2, 0) is 17.2 Å². The van der Waals surface area contributed by atoms with Gasteiger partial charge in [-0.3, -0.25) is 4.21 Å². The third-order valence-electron chi connectivity index (χ3n) is 8.97. The SMILES string of the molecule is C[C@]12CC[C@@H]3c4ccc(O)cc4C[C@@H](CCCS(=O)CCCC(F)(F)C(F)(F)F)[C@H]3[C@@H]1CC/C2=N/O. The minimum absolute atomic E-state index is 0.158. The van der Waals surface area contributed by atoms with E-state index in [4.69, 9.17) is 0 Å². The fourth-order valence-corrected chi connectivity index (χ4v) is 8.38. The fraction of sp³-hybridized carbons (Fsp3) is 0.731. The number of halogens is 5. The molecule has 10 heteroatoms. The standard InChI is InChI=1S/C26H34F5NO3S/c1-24-11-9-20-19-6-5-18(33)15-17(19)14-16(23(20)21(24)7-8-22(24)32-34)4-2-12-36(35)13-3-10-25(27,28)26(29,30)31/h5-6,15-16,20-21,23,33-34H,2-4,7-14H2,1H3/b32-22-/t16-,20-,21+,23-,24+,36?/m1/s1. The molecule has 202 valence electrons. The van der Waals surface area contributed by atoms with Gasteiger partial charge in [-0.1, -0.05) is 18.1 Å². The molecule has 1 aromatic rings. The fourth-order valence-electron chi connectivity index (χ4n) is 7.22. The normalized spacial score (nSPS) is 32.1. The highest BCUT2D eigenvalue weighted by molar-refractivity contribution is 7.84. The molecule has 36 heavy (non-hydrogen) atoms. The first-order valence-corrected chi connectivity index (χ1v) is 14.2. The van der Waals surface area contributed by atoms with E-state index in [1.54, 1.807) is 6.07 Å². The second-order valence-electron chi connectivity index (χ2n) is 11.0. The van der Waals surface area contributed by atoms with Gasteiger partial charge in [-0.05, 0) is 98.3 Å². The molecule has 6 atom stereocenters. The molecule has 1 aromatic carbocycles. The Balaban J connectivity index is 1.42. The van der Waals surface area contributed by atoms with Crippen LogP contribution in [0.4, 0.5) is 22.0 Å². The molecule has 2 fully saturated rings. The number of alkyl halides is 5. The minimum Gasteiger partial charge on any atom is -0.508 e. The van der Waals surface area contributed by atoms with Crippen LogP contribution in [0.1, 0.15) is 75.3 Å². The average Bonchev–Trinajstić information content (AvgIpc) is 3.14. The zero-order valence-corrected chi connectivity index (χ0v) is 21.2. The van der Waals surface area contributed by atoms with Crippen LogP contribution in [0.15, 0.2) is 23.4 Å². The quantitative estimate of drug-likeness (QED) is 0.218. The van der Waals surface area contributed by atoms with Gasteiger partial charge >= 0.3 is 12.1 Å². The molecular weight excluding hydrogens is 501 g/mol. The topological polar surface area (TPSA) is 69.9 Å². The van der Waals surface area contributed by atoms with Gasteiger partial charge in [0.25, 0.3) is 0 Å². The van der Waals surface area contributed by atoms with E-state index in [0.29, 0.717) is 24.2 Å². The first-order valence-electron chi connectivity index (χ1n) is 12.7. The van der Waals surface area contributed by atoms with Crippen LogP contribution in [0.5, 0.6) is 5.75 Å². The van der Waals surface area contributed by atoms with Crippen molar-refractivity contribution in [3.8, 4) is 5.75 Å². The van der Waals surface area contributed by atoms with Gasteiger partial charge in [-0.15, -0.1) is 0 Å². The monoisotopic (exact) mass is 535 g/mol. The first-order chi connectivity index (χ1) is 16.9. The molecule has 0 radical (unpaired) electrons. The molecule has 0 spiro atoms.